The van der Waals surface area contributed by atoms with Gasteiger partial charge in [-0.1, -0.05) is 0 Å². The maximum absolute atomic E-state index is 12.4. The third kappa shape index (κ3) is 2.02. The molecule has 0 fully saturated rings. The van der Waals surface area contributed by atoms with Crippen LogP contribution in [0.15, 0.2) is 24.4 Å². The van der Waals surface area contributed by atoms with Gasteiger partial charge in [0.2, 0.25) is 0 Å². The van der Waals surface area contributed by atoms with Crippen LogP contribution in [0.2, 0.25) is 0 Å². The molecular weight excluding hydrogens is 253 g/mol. The van der Waals surface area contributed by atoms with E-state index in [-0.39, 0.29) is 11.1 Å². The van der Waals surface area contributed by atoms with E-state index in [0.717, 1.165) is 12.3 Å². The molecule has 2 aromatic rings. The molecule has 2 N–H and O–H groups in total. The number of aromatic nitrogens is 1. The molecule has 0 saturated carbocycles. The molecule has 0 aliphatic heterocycles. The molecule has 0 bridgehead atoms. The molecule has 1 aromatic heterocycles. The summed E-state index contributed by atoms with van der Waals surface area (Å²) < 4.78 is 37.2. The molecule has 1 atom stereocenters. The lowest BCUT2D eigenvalue weighted by atomic mass is 10.1. The maximum Gasteiger partial charge on any atom is 0.418 e. The number of aliphatic hydroxyl groups excluding tert-OH is 1. The summed E-state index contributed by atoms with van der Waals surface area (Å²) in [6, 6.07) is 3.46. The zero-order valence-electron chi connectivity index (χ0n) is 8.73. The molecule has 0 aliphatic carbocycles. The number of halogens is 3. The summed E-state index contributed by atoms with van der Waals surface area (Å²) in [5.74, 6) is 0. The molecule has 2 rings (SSSR count). The van der Waals surface area contributed by atoms with E-state index in [1.54, 1.807) is 0 Å². The van der Waals surface area contributed by atoms with Gasteiger partial charge in [0.15, 0.2) is 6.10 Å². The van der Waals surface area contributed by atoms with Crippen LogP contribution in [0.1, 0.15) is 11.7 Å². The fourth-order valence-electron chi connectivity index (χ4n) is 1.65. The SMILES string of the molecule is O=[N+]([O-])c1ccc2[nH]cc([C@@H](O)C(F)(F)F)c2c1. The minimum absolute atomic E-state index is 0.0194. The van der Waals surface area contributed by atoms with E-state index in [2.05, 4.69) is 4.98 Å². The van der Waals surface area contributed by atoms with Gasteiger partial charge < -0.3 is 10.1 Å². The monoisotopic (exact) mass is 260 g/mol. The van der Waals surface area contributed by atoms with Crippen LogP contribution in [-0.4, -0.2) is 21.2 Å². The summed E-state index contributed by atoms with van der Waals surface area (Å²) in [7, 11) is 0. The molecule has 96 valence electrons. The first-order valence-electron chi connectivity index (χ1n) is 4.81. The van der Waals surface area contributed by atoms with E-state index < -0.39 is 22.8 Å². The molecule has 1 heterocycles. The quantitative estimate of drug-likeness (QED) is 0.643. The zero-order valence-corrected chi connectivity index (χ0v) is 8.73. The van der Waals surface area contributed by atoms with E-state index in [9.17, 15) is 23.3 Å². The maximum atomic E-state index is 12.4. The topological polar surface area (TPSA) is 79.2 Å². The number of nitrogens with one attached hydrogen (secondary N) is 1. The molecule has 18 heavy (non-hydrogen) atoms. The van der Waals surface area contributed by atoms with Gasteiger partial charge in [0, 0.05) is 34.8 Å². The minimum Gasteiger partial charge on any atom is -0.379 e. The Morgan fingerprint density at radius 2 is 2.06 bits per heavy atom. The summed E-state index contributed by atoms with van der Waals surface area (Å²) in [5, 5.41) is 19.7. The summed E-state index contributed by atoms with van der Waals surface area (Å²) in [6.07, 6.45) is -6.50. The van der Waals surface area contributed by atoms with Gasteiger partial charge in [-0.05, 0) is 6.07 Å². The van der Waals surface area contributed by atoms with Gasteiger partial charge in [0.05, 0.1) is 4.92 Å². The molecule has 5 nitrogen and oxygen atoms in total. The van der Waals surface area contributed by atoms with Crippen molar-refractivity contribution in [1.29, 1.82) is 0 Å². The largest absolute Gasteiger partial charge is 0.418 e. The number of nitro groups is 1. The highest BCUT2D eigenvalue weighted by atomic mass is 19.4. The standard InChI is InChI=1S/C10H7F3N2O3/c11-10(12,13)9(16)7-4-14-8-2-1-5(15(17)18)3-6(7)8/h1-4,9,14,16H/t9-/m1/s1. The molecule has 0 aliphatic rings. The fraction of sp³-hybridized carbons (Fsp3) is 0.200. The Kier molecular flexibility index (Phi) is 2.74. The van der Waals surface area contributed by atoms with Gasteiger partial charge in [-0.15, -0.1) is 0 Å². The number of non-ortho nitro benzene ring substituents is 1. The smallest absolute Gasteiger partial charge is 0.379 e. The van der Waals surface area contributed by atoms with Crippen molar-refractivity contribution in [3.8, 4) is 0 Å². The predicted octanol–water partition coefficient (Wildman–Crippen LogP) is 2.67. The lowest BCUT2D eigenvalue weighted by molar-refractivity contribution is -0.384. The number of nitrogens with zero attached hydrogens (tertiary/aromatic N) is 1. The number of rotatable bonds is 2. The highest BCUT2D eigenvalue weighted by molar-refractivity contribution is 5.85. The van der Waals surface area contributed by atoms with Gasteiger partial charge in [-0.25, -0.2) is 0 Å². The van der Waals surface area contributed by atoms with Crippen molar-refractivity contribution >= 4 is 16.6 Å². The Morgan fingerprint density at radius 3 is 2.61 bits per heavy atom. The van der Waals surface area contributed by atoms with Crippen LogP contribution in [0.4, 0.5) is 18.9 Å². The van der Waals surface area contributed by atoms with Gasteiger partial charge in [-0.2, -0.15) is 13.2 Å². The lowest BCUT2D eigenvalue weighted by Crippen LogP contribution is -2.19. The van der Waals surface area contributed by atoms with E-state index >= 15 is 0 Å². The second-order valence-electron chi connectivity index (χ2n) is 3.68. The number of alkyl halides is 3. The third-order valence-corrected chi connectivity index (χ3v) is 2.51. The van der Waals surface area contributed by atoms with E-state index in [0.29, 0.717) is 5.52 Å². The number of aromatic amines is 1. The molecule has 0 amide bonds. The predicted molar refractivity (Wildman–Crippen MR) is 56.0 cm³/mol. The molecule has 8 heteroatoms. The number of hydrogen-bond donors (Lipinski definition) is 2. The summed E-state index contributed by atoms with van der Waals surface area (Å²) in [6.45, 7) is 0. The third-order valence-electron chi connectivity index (χ3n) is 2.51. The Morgan fingerprint density at radius 1 is 1.39 bits per heavy atom. The van der Waals surface area contributed by atoms with E-state index in [1.165, 1.54) is 12.1 Å². The second-order valence-corrected chi connectivity index (χ2v) is 3.68. The minimum atomic E-state index is -4.82. The fourth-order valence-corrected chi connectivity index (χ4v) is 1.65. The van der Waals surface area contributed by atoms with Crippen molar-refractivity contribution in [3.05, 3.63) is 40.1 Å². The van der Waals surface area contributed by atoms with Crippen molar-refractivity contribution in [2.45, 2.75) is 12.3 Å². The van der Waals surface area contributed by atoms with Gasteiger partial charge in [0.1, 0.15) is 0 Å². The number of fused-ring (bicyclic) bond motifs is 1. The van der Waals surface area contributed by atoms with E-state index in [4.69, 9.17) is 5.11 Å². The second kappa shape index (κ2) is 3.98. The van der Waals surface area contributed by atoms with Crippen molar-refractivity contribution in [3.63, 3.8) is 0 Å². The average Bonchev–Trinajstić information content (AvgIpc) is 2.68. The first kappa shape index (κ1) is 12.4. The van der Waals surface area contributed by atoms with Crippen molar-refractivity contribution in [2.75, 3.05) is 0 Å². The van der Waals surface area contributed by atoms with Gasteiger partial charge >= 0.3 is 6.18 Å². The van der Waals surface area contributed by atoms with Crippen molar-refractivity contribution < 1.29 is 23.2 Å². The molecule has 1 aromatic carbocycles. The normalized spacial score (nSPS) is 13.8. The number of benzene rings is 1. The Hall–Kier alpha value is -2.09. The molecule has 0 radical (unpaired) electrons. The zero-order chi connectivity index (χ0) is 13.5. The Bertz CT molecular complexity index is 606. The first-order chi connectivity index (χ1) is 8.30. The number of aliphatic hydroxyl groups is 1. The number of hydrogen-bond acceptors (Lipinski definition) is 3. The average molecular weight is 260 g/mol. The highest BCUT2D eigenvalue weighted by Crippen LogP contribution is 2.36. The van der Waals surface area contributed by atoms with Crippen LogP contribution in [0.3, 0.4) is 0 Å². The Labute approximate surface area is 98.0 Å². The van der Waals surface area contributed by atoms with Gasteiger partial charge in [-0.3, -0.25) is 10.1 Å². The summed E-state index contributed by atoms with van der Waals surface area (Å²) in [4.78, 5) is 12.4. The summed E-state index contributed by atoms with van der Waals surface area (Å²) >= 11 is 0. The summed E-state index contributed by atoms with van der Waals surface area (Å²) in [5.41, 5.74) is -0.474. The van der Waals surface area contributed by atoms with Crippen molar-refractivity contribution in [1.82, 2.24) is 4.98 Å². The lowest BCUT2D eigenvalue weighted by Gasteiger charge is -2.13. The Balaban J connectivity index is 2.59. The molecule has 0 unspecified atom stereocenters. The van der Waals surface area contributed by atoms with Gasteiger partial charge in [0.25, 0.3) is 5.69 Å². The van der Waals surface area contributed by atoms with Crippen molar-refractivity contribution in [2.24, 2.45) is 0 Å². The molecule has 0 spiro atoms. The van der Waals surface area contributed by atoms with Crippen LogP contribution in [-0.2, 0) is 0 Å². The van der Waals surface area contributed by atoms with Crippen LogP contribution in [0, 0.1) is 10.1 Å². The number of nitro benzene ring substituents is 1. The number of H-pyrrole nitrogens is 1. The highest BCUT2D eigenvalue weighted by Gasteiger charge is 2.40. The van der Waals surface area contributed by atoms with Crippen LogP contribution < -0.4 is 0 Å². The first-order valence-corrected chi connectivity index (χ1v) is 4.81. The molecule has 0 saturated heterocycles. The van der Waals surface area contributed by atoms with Crippen LogP contribution in [0.5, 0.6) is 0 Å². The van der Waals surface area contributed by atoms with E-state index in [1.807, 2.05) is 0 Å². The molecular formula is C10H7F3N2O3. The van der Waals surface area contributed by atoms with Crippen LogP contribution >= 0.6 is 0 Å². The van der Waals surface area contributed by atoms with Crippen LogP contribution in [0.25, 0.3) is 10.9 Å².